The summed E-state index contributed by atoms with van der Waals surface area (Å²) in [7, 11) is 0. The number of imidazole rings is 1. The monoisotopic (exact) mass is 306 g/mol. The third kappa shape index (κ3) is 2.41. The number of carboxylic acids is 1. The summed E-state index contributed by atoms with van der Waals surface area (Å²) in [5.74, 6) is -3.58. The molecule has 3 rings (SSSR count). The molecule has 0 fully saturated rings. The number of halogens is 3. The second-order valence-corrected chi connectivity index (χ2v) is 4.68. The second kappa shape index (κ2) is 5.18. The lowest BCUT2D eigenvalue weighted by Crippen LogP contribution is -2.10. The fourth-order valence-corrected chi connectivity index (χ4v) is 2.23. The number of carbonyl (C=O) groups is 1. The molecule has 0 amide bonds. The highest BCUT2D eigenvalue weighted by atomic mass is 19.2. The van der Waals surface area contributed by atoms with Gasteiger partial charge in [0.1, 0.15) is 18.2 Å². The van der Waals surface area contributed by atoms with Gasteiger partial charge in [-0.2, -0.15) is 0 Å². The topological polar surface area (TPSA) is 55.1 Å². The Morgan fingerprint density at radius 3 is 2.36 bits per heavy atom. The molecule has 0 saturated heterocycles. The maximum atomic E-state index is 13.4. The third-order valence-electron chi connectivity index (χ3n) is 3.19. The maximum Gasteiger partial charge on any atom is 0.323 e. The molecule has 22 heavy (non-hydrogen) atoms. The van der Waals surface area contributed by atoms with Crippen LogP contribution in [0, 0.1) is 17.5 Å². The number of benzene rings is 2. The van der Waals surface area contributed by atoms with Gasteiger partial charge < -0.3 is 9.67 Å². The van der Waals surface area contributed by atoms with Crippen LogP contribution in [-0.2, 0) is 11.3 Å². The summed E-state index contributed by atoms with van der Waals surface area (Å²) in [4.78, 5) is 15.2. The number of hydrogen-bond acceptors (Lipinski definition) is 2. The highest BCUT2D eigenvalue weighted by Crippen LogP contribution is 2.26. The first kappa shape index (κ1) is 14.1. The van der Waals surface area contributed by atoms with Gasteiger partial charge in [0.15, 0.2) is 11.6 Å². The quantitative estimate of drug-likeness (QED) is 0.808. The van der Waals surface area contributed by atoms with E-state index in [0.29, 0.717) is 5.56 Å². The van der Waals surface area contributed by atoms with E-state index in [4.69, 9.17) is 5.11 Å². The molecule has 1 aromatic heterocycles. The van der Waals surface area contributed by atoms with E-state index in [1.165, 1.54) is 28.8 Å². The van der Waals surface area contributed by atoms with Crippen molar-refractivity contribution in [1.29, 1.82) is 0 Å². The molecule has 2 aromatic carbocycles. The van der Waals surface area contributed by atoms with Crippen LogP contribution in [0.15, 0.2) is 36.4 Å². The van der Waals surface area contributed by atoms with E-state index in [1.54, 1.807) is 0 Å². The number of rotatable bonds is 3. The molecule has 0 aliphatic rings. The molecular formula is C15H9F3N2O2. The largest absolute Gasteiger partial charge is 0.480 e. The van der Waals surface area contributed by atoms with E-state index >= 15 is 0 Å². The Bertz CT molecular complexity index is 873. The molecule has 0 saturated carbocycles. The summed E-state index contributed by atoms with van der Waals surface area (Å²) in [5.41, 5.74) is 0.722. The van der Waals surface area contributed by atoms with Crippen LogP contribution in [0.25, 0.3) is 22.4 Å². The van der Waals surface area contributed by atoms with Crippen molar-refractivity contribution in [1.82, 2.24) is 9.55 Å². The second-order valence-electron chi connectivity index (χ2n) is 4.68. The van der Waals surface area contributed by atoms with E-state index in [2.05, 4.69) is 4.98 Å². The van der Waals surface area contributed by atoms with Crippen molar-refractivity contribution in [3.63, 3.8) is 0 Å². The van der Waals surface area contributed by atoms with E-state index in [1.807, 2.05) is 0 Å². The van der Waals surface area contributed by atoms with Crippen molar-refractivity contribution in [3.05, 3.63) is 53.8 Å². The summed E-state index contributed by atoms with van der Waals surface area (Å²) < 4.78 is 41.0. The average molecular weight is 306 g/mol. The Hall–Kier alpha value is -2.83. The summed E-state index contributed by atoms with van der Waals surface area (Å²) in [5, 5.41) is 9.01. The lowest BCUT2D eigenvalue weighted by atomic mass is 10.2. The van der Waals surface area contributed by atoms with Crippen molar-refractivity contribution in [2.24, 2.45) is 0 Å². The number of hydrogen-bond donors (Lipinski definition) is 1. The van der Waals surface area contributed by atoms with Gasteiger partial charge in [-0.15, -0.1) is 0 Å². The van der Waals surface area contributed by atoms with Crippen LogP contribution in [0.2, 0.25) is 0 Å². The van der Waals surface area contributed by atoms with Gasteiger partial charge in [-0.25, -0.2) is 18.2 Å². The van der Waals surface area contributed by atoms with Gasteiger partial charge in [-0.1, -0.05) is 0 Å². The van der Waals surface area contributed by atoms with Crippen LogP contribution >= 0.6 is 0 Å². The fraction of sp³-hybridized carbons (Fsp3) is 0.0667. The minimum Gasteiger partial charge on any atom is -0.480 e. The summed E-state index contributed by atoms with van der Waals surface area (Å²) in [6.45, 7) is -0.478. The maximum absolute atomic E-state index is 13.4. The standard InChI is InChI=1S/C15H9F3N2O2/c16-9-3-1-8(2-4-9)15-19-12-5-10(17)11(18)6-13(12)20(15)7-14(21)22/h1-6H,7H2,(H,21,22). The SMILES string of the molecule is O=C(O)Cn1c(-c2ccc(F)cc2)nc2cc(F)c(F)cc21. The van der Waals surface area contributed by atoms with Crippen LogP contribution in [0.5, 0.6) is 0 Å². The highest BCUT2D eigenvalue weighted by molar-refractivity contribution is 5.83. The van der Waals surface area contributed by atoms with Gasteiger partial charge in [0.05, 0.1) is 11.0 Å². The van der Waals surface area contributed by atoms with Gasteiger partial charge >= 0.3 is 5.97 Å². The molecule has 1 N–H and O–H groups in total. The lowest BCUT2D eigenvalue weighted by Gasteiger charge is -2.06. The molecule has 0 bridgehead atoms. The average Bonchev–Trinajstić information content (AvgIpc) is 2.78. The van der Waals surface area contributed by atoms with Crippen molar-refractivity contribution >= 4 is 17.0 Å². The summed E-state index contributed by atoms with van der Waals surface area (Å²) in [6, 6.07) is 7.02. The third-order valence-corrected chi connectivity index (χ3v) is 3.19. The molecule has 4 nitrogen and oxygen atoms in total. The Morgan fingerprint density at radius 1 is 1.09 bits per heavy atom. The van der Waals surface area contributed by atoms with Crippen molar-refractivity contribution in [2.75, 3.05) is 0 Å². The normalized spacial score (nSPS) is 11.0. The molecule has 0 radical (unpaired) electrons. The number of aromatic nitrogens is 2. The van der Waals surface area contributed by atoms with Gasteiger partial charge in [-0.05, 0) is 24.3 Å². The molecule has 3 aromatic rings. The zero-order chi connectivity index (χ0) is 15.9. The highest BCUT2D eigenvalue weighted by Gasteiger charge is 2.17. The molecule has 0 aliphatic carbocycles. The first-order chi connectivity index (χ1) is 10.5. The Labute approximate surface area is 122 Å². The molecule has 112 valence electrons. The molecule has 7 heteroatoms. The zero-order valence-electron chi connectivity index (χ0n) is 11.1. The van der Waals surface area contributed by atoms with Gasteiger partial charge in [0, 0.05) is 17.7 Å². The van der Waals surface area contributed by atoms with Crippen LogP contribution in [0.1, 0.15) is 0 Å². The van der Waals surface area contributed by atoms with Crippen molar-refractivity contribution in [2.45, 2.75) is 6.54 Å². The van der Waals surface area contributed by atoms with Crippen molar-refractivity contribution in [3.8, 4) is 11.4 Å². The molecular weight excluding hydrogens is 297 g/mol. The predicted molar refractivity (Wildman–Crippen MR) is 72.7 cm³/mol. The summed E-state index contributed by atoms with van der Waals surface area (Å²) >= 11 is 0. The minimum absolute atomic E-state index is 0.125. The van der Waals surface area contributed by atoms with E-state index in [-0.39, 0.29) is 16.9 Å². The zero-order valence-corrected chi connectivity index (χ0v) is 11.1. The number of nitrogens with zero attached hydrogens (tertiary/aromatic N) is 2. The fourth-order valence-electron chi connectivity index (χ4n) is 2.23. The van der Waals surface area contributed by atoms with Gasteiger partial charge in [0.2, 0.25) is 0 Å². The van der Waals surface area contributed by atoms with Crippen LogP contribution in [-0.4, -0.2) is 20.6 Å². The van der Waals surface area contributed by atoms with E-state index in [9.17, 15) is 18.0 Å². The molecule has 0 spiro atoms. The Balaban J connectivity index is 2.28. The molecule has 0 aliphatic heterocycles. The Kier molecular flexibility index (Phi) is 3.32. The lowest BCUT2D eigenvalue weighted by molar-refractivity contribution is -0.137. The number of fused-ring (bicyclic) bond motifs is 1. The van der Waals surface area contributed by atoms with Crippen LogP contribution < -0.4 is 0 Å². The number of carboxylic acid groups (broad SMARTS) is 1. The summed E-state index contributed by atoms with van der Waals surface area (Å²) in [6.07, 6.45) is 0. The molecule has 0 atom stereocenters. The van der Waals surface area contributed by atoms with Crippen molar-refractivity contribution < 1.29 is 23.1 Å². The Morgan fingerprint density at radius 2 is 1.73 bits per heavy atom. The smallest absolute Gasteiger partial charge is 0.323 e. The minimum atomic E-state index is -1.16. The molecule has 1 heterocycles. The van der Waals surface area contributed by atoms with Crippen LogP contribution in [0.4, 0.5) is 13.2 Å². The van der Waals surface area contributed by atoms with Crippen LogP contribution in [0.3, 0.4) is 0 Å². The van der Waals surface area contributed by atoms with E-state index < -0.39 is 30.0 Å². The van der Waals surface area contributed by atoms with E-state index in [0.717, 1.165) is 12.1 Å². The van der Waals surface area contributed by atoms with Gasteiger partial charge in [-0.3, -0.25) is 4.79 Å². The predicted octanol–water partition coefficient (Wildman–Crippen LogP) is 3.21. The first-order valence-corrected chi connectivity index (χ1v) is 6.28. The number of aliphatic carboxylic acids is 1. The molecule has 0 unspecified atom stereocenters. The first-order valence-electron chi connectivity index (χ1n) is 6.28. The van der Waals surface area contributed by atoms with Gasteiger partial charge in [0.25, 0.3) is 0 Å².